The van der Waals surface area contributed by atoms with Gasteiger partial charge in [0.25, 0.3) is 0 Å². The lowest BCUT2D eigenvalue weighted by molar-refractivity contribution is 0.768. The van der Waals surface area contributed by atoms with Gasteiger partial charge in [-0.05, 0) is 97.7 Å². The largest absolute Gasteiger partial charge is 0.309 e. The number of hydrogen-bond acceptors (Lipinski definition) is 2. The van der Waals surface area contributed by atoms with Gasteiger partial charge in [-0.3, -0.25) is 0 Å². The van der Waals surface area contributed by atoms with Crippen LogP contribution >= 0.6 is 11.3 Å². The zero-order chi connectivity index (χ0) is 40.3. The second kappa shape index (κ2) is 14.3. The standard InChI is InChI=1S/C59H39NS/c1-3-21-44(22-4-1)59(45-23-5-2-6-24-45)51-30-12-9-27-49(51)58-52(59)31-17-33-54(58)60(46-25-15-20-42(39-46)43-37-36-40-18-7-8-19-41(40)38-43)53-32-13-10-26-47(53)48-29-16-35-56-57(48)50-28-11-14-34-55(50)61-56/h1-39H. The Morgan fingerprint density at radius 2 is 0.951 bits per heavy atom. The van der Waals surface area contributed by atoms with Crippen molar-refractivity contribution in [1.82, 2.24) is 0 Å². The van der Waals surface area contributed by atoms with E-state index in [0.717, 1.165) is 17.1 Å². The zero-order valence-corrected chi connectivity index (χ0v) is 34.2. The minimum absolute atomic E-state index is 0.524. The van der Waals surface area contributed by atoms with Crippen LogP contribution in [-0.2, 0) is 5.41 Å². The Kier molecular flexibility index (Phi) is 8.33. The van der Waals surface area contributed by atoms with Crippen molar-refractivity contribution in [2.24, 2.45) is 0 Å². The van der Waals surface area contributed by atoms with Crippen molar-refractivity contribution in [2.45, 2.75) is 5.41 Å². The molecule has 0 radical (unpaired) electrons. The number of anilines is 3. The van der Waals surface area contributed by atoms with Crippen LogP contribution in [0.1, 0.15) is 22.3 Å². The van der Waals surface area contributed by atoms with Crippen LogP contribution < -0.4 is 4.90 Å². The fourth-order valence-electron chi connectivity index (χ4n) is 10.2. The third-order valence-corrected chi connectivity index (χ3v) is 13.9. The molecule has 1 nitrogen and oxygen atoms in total. The lowest BCUT2D eigenvalue weighted by atomic mass is 9.68. The first kappa shape index (κ1) is 35.4. The fourth-order valence-corrected chi connectivity index (χ4v) is 11.3. The van der Waals surface area contributed by atoms with Gasteiger partial charge in [-0.1, -0.05) is 194 Å². The van der Waals surface area contributed by atoms with Crippen molar-refractivity contribution in [3.8, 4) is 33.4 Å². The molecule has 11 aromatic rings. The van der Waals surface area contributed by atoms with E-state index in [1.807, 2.05) is 11.3 Å². The number of benzene rings is 10. The molecule has 12 rings (SSSR count). The van der Waals surface area contributed by atoms with Gasteiger partial charge in [-0.2, -0.15) is 0 Å². The summed E-state index contributed by atoms with van der Waals surface area (Å²) in [5, 5.41) is 5.07. The molecule has 0 spiro atoms. The SMILES string of the molecule is c1ccc(C2(c3ccccc3)c3ccccc3-c3c(N(c4cccc(-c5ccc6ccccc6c5)c4)c4ccccc4-c4cccc5sc6ccccc6c45)cccc32)cc1. The number of fused-ring (bicyclic) bond motifs is 7. The maximum absolute atomic E-state index is 2.54. The molecule has 1 aliphatic rings. The number of hydrogen-bond donors (Lipinski definition) is 0. The molecule has 1 aliphatic carbocycles. The van der Waals surface area contributed by atoms with Gasteiger partial charge in [0.2, 0.25) is 0 Å². The molecular weight excluding hydrogens is 755 g/mol. The summed E-state index contributed by atoms with van der Waals surface area (Å²) in [6.45, 7) is 0. The van der Waals surface area contributed by atoms with Crippen LogP contribution in [0.3, 0.4) is 0 Å². The van der Waals surface area contributed by atoms with Gasteiger partial charge < -0.3 is 4.90 Å². The predicted octanol–water partition coefficient (Wildman–Crippen LogP) is 16.4. The summed E-state index contributed by atoms with van der Waals surface area (Å²) in [6.07, 6.45) is 0. The first-order valence-corrected chi connectivity index (χ1v) is 21.8. The van der Waals surface area contributed by atoms with Crippen LogP contribution in [0.2, 0.25) is 0 Å². The van der Waals surface area contributed by atoms with Crippen molar-refractivity contribution in [3.05, 3.63) is 259 Å². The average Bonchev–Trinajstić information content (AvgIpc) is 3.87. The molecular formula is C59H39NS. The number of nitrogens with zero attached hydrogens (tertiary/aromatic N) is 1. The Hall–Kier alpha value is -7.52. The smallest absolute Gasteiger partial charge is 0.0714 e. The molecule has 0 bridgehead atoms. The molecule has 0 fully saturated rings. The fraction of sp³-hybridized carbons (Fsp3) is 0.0169. The van der Waals surface area contributed by atoms with E-state index in [1.54, 1.807) is 0 Å². The lowest BCUT2D eigenvalue weighted by Gasteiger charge is -2.34. The molecule has 0 N–H and O–H groups in total. The van der Waals surface area contributed by atoms with Gasteiger partial charge in [0.15, 0.2) is 0 Å². The second-order valence-corrected chi connectivity index (χ2v) is 17.1. The molecule has 0 amide bonds. The lowest BCUT2D eigenvalue weighted by Crippen LogP contribution is -2.28. The summed E-state index contributed by atoms with van der Waals surface area (Å²) < 4.78 is 2.60. The van der Waals surface area contributed by atoms with E-state index in [1.165, 1.54) is 86.6 Å². The molecule has 1 heterocycles. The summed E-state index contributed by atoms with van der Waals surface area (Å²) in [5.74, 6) is 0. The minimum atomic E-state index is -0.524. The van der Waals surface area contributed by atoms with E-state index >= 15 is 0 Å². The van der Waals surface area contributed by atoms with Crippen LogP contribution in [-0.4, -0.2) is 0 Å². The maximum Gasteiger partial charge on any atom is 0.0714 e. The Labute approximate surface area is 360 Å². The average molecular weight is 794 g/mol. The highest BCUT2D eigenvalue weighted by Crippen LogP contribution is 2.60. The quantitative estimate of drug-likeness (QED) is 0.155. The molecule has 10 aromatic carbocycles. The van der Waals surface area contributed by atoms with Crippen molar-refractivity contribution in [3.63, 3.8) is 0 Å². The minimum Gasteiger partial charge on any atom is -0.309 e. The van der Waals surface area contributed by atoms with Crippen molar-refractivity contribution in [2.75, 3.05) is 4.90 Å². The summed E-state index contributed by atoms with van der Waals surface area (Å²) in [5.41, 5.74) is 15.2. The van der Waals surface area contributed by atoms with Crippen LogP contribution in [0.15, 0.2) is 237 Å². The summed E-state index contributed by atoms with van der Waals surface area (Å²) in [6, 6.07) is 87.5. The van der Waals surface area contributed by atoms with Crippen LogP contribution in [0.4, 0.5) is 17.1 Å². The van der Waals surface area contributed by atoms with Crippen molar-refractivity contribution >= 4 is 59.3 Å². The van der Waals surface area contributed by atoms with Crippen LogP contribution in [0.25, 0.3) is 64.3 Å². The van der Waals surface area contributed by atoms with Gasteiger partial charge in [-0.25, -0.2) is 0 Å². The molecule has 0 saturated heterocycles. The topological polar surface area (TPSA) is 3.24 Å². The van der Waals surface area contributed by atoms with E-state index in [9.17, 15) is 0 Å². The van der Waals surface area contributed by atoms with E-state index in [2.05, 4.69) is 241 Å². The first-order valence-electron chi connectivity index (χ1n) is 21.0. The van der Waals surface area contributed by atoms with E-state index in [-0.39, 0.29) is 0 Å². The predicted molar refractivity (Wildman–Crippen MR) is 260 cm³/mol. The molecule has 0 atom stereocenters. The second-order valence-electron chi connectivity index (χ2n) is 16.0. The number of rotatable bonds is 7. The Morgan fingerprint density at radius 3 is 1.79 bits per heavy atom. The van der Waals surface area contributed by atoms with Gasteiger partial charge in [0, 0.05) is 37.0 Å². The molecule has 0 saturated carbocycles. The van der Waals surface area contributed by atoms with Crippen LogP contribution in [0, 0.1) is 0 Å². The maximum atomic E-state index is 2.54. The molecule has 2 heteroatoms. The number of thiophene rings is 1. The normalized spacial score (nSPS) is 12.7. The molecule has 1 aromatic heterocycles. The van der Waals surface area contributed by atoms with E-state index in [4.69, 9.17) is 0 Å². The van der Waals surface area contributed by atoms with E-state index in [0.29, 0.717) is 0 Å². The molecule has 61 heavy (non-hydrogen) atoms. The number of para-hydroxylation sites is 1. The van der Waals surface area contributed by atoms with Gasteiger partial charge in [0.1, 0.15) is 0 Å². The molecule has 286 valence electrons. The first-order chi connectivity index (χ1) is 30.3. The highest BCUT2D eigenvalue weighted by Gasteiger charge is 2.47. The Bertz CT molecular complexity index is 3400. The third-order valence-electron chi connectivity index (χ3n) is 12.7. The summed E-state index contributed by atoms with van der Waals surface area (Å²) in [7, 11) is 0. The molecule has 0 unspecified atom stereocenters. The monoisotopic (exact) mass is 793 g/mol. The van der Waals surface area contributed by atoms with Gasteiger partial charge in [-0.15, -0.1) is 11.3 Å². The van der Waals surface area contributed by atoms with Crippen LogP contribution in [0.5, 0.6) is 0 Å². The van der Waals surface area contributed by atoms with Crippen molar-refractivity contribution in [1.29, 1.82) is 0 Å². The summed E-state index contributed by atoms with van der Waals surface area (Å²) >= 11 is 1.87. The Morgan fingerprint density at radius 1 is 0.361 bits per heavy atom. The third kappa shape index (κ3) is 5.53. The van der Waals surface area contributed by atoms with Gasteiger partial charge >= 0.3 is 0 Å². The Balaban J connectivity index is 1.17. The van der Waals surface area contributed by atoms with Gasteiger partial charge in [0.05, 0.1) is 16.8 Å². The highest BCUT2D eigenvalue weighted by molar-refractivity contribution is 7.25. The van der Waals surface area contributed by atoms with E-state index < -0.39 is 5.41 Å². The zero-order valence-electron chi connectivity index (χ0n) is 33.4. The van der Waals surface area contributed by atoms with Crippen molar-refractivity contribution < 1.29 is 0 Å². The molecule has 0 aliphatic heterocycles. The summed E-state index contributed by atoms with van der Waals surface area (Å²) in [4.78, 5) is 2.54. The highest BCUT2D eigenvalue weighted by atomic mass is 32.1.